The van der Waals surface area contributed by atoms with E-state index in [9.17, 15) is 4.79 Å². The van der Waals surface area contributed by atoms with Gasteiger partial charge in [-0.3, -0.25) is 4.79 Å². The minimum absolute atomic E-state index is 0.00986. The summed E-state index contributed by atoms with van der Waals surface area (Å²) in [5.41, 5.74) is 5.76. The molecule has 0 heterocycles. The molecule has 5 heteroatoms. The molecule has 0 radical (unpaired) electrons. The highest BCUT2D eigenvalue weighted by molar-refractivity contribution is 5.81. The maximum atomic E-state index is 12.2. The van der Waals surface area contributed by atoms with Crippen LogP contribution in [-0.2, 0) is 14.3 Å². The minimum Gasteiger partial charge on any atom is -0.383 e. The molecule has 1 aliphatic rings. The highest BCUT2D eigenvalue weighted by Crippen LogP contribution is 2.18. The molecule has 0 aromatic carbocycles. The molecule has 2 N–H and O–H groups in total. The SMILES string of the molecule is COCCN(CCOC)C(=O)C1C=CC(N)C1. The zero-order chi connectivity index (χ0) is 12.7. The number of hydrogen-bond acceptors (Lipinski definition) is 4. The molecule has 1 aliphatic carbocycles. The molecule has 0 bridgehead atoms. The Morgan fingerprint density at radius 2 is 1.88 bits per heavy atom. The van der Waals surface area contributed by atoms with Crippen LogP contribution in [0.4, 0.5) is 0 Å². The molecule has 0 fully saturated rings. The van der Waals surface area contributed by atoms with Crippen LogP contribution >= 0.6 is 0 Å². The third-order valence-electron chi connectivity index (χ3n) is 2.88. The number of methoxy groups -OCH3 is 2. The fourth-order valence-electron chi connectivity index (χ4n) is 1.88. The highest BCUT2D eigenvalue weighted by atomic mass is 16.5. The van der Waals surface area contributed by atoms with Crippen molar-refractivity contribution in [1.29, 1.82) is 0 Å². The number of ether oxygens (including phenoxy) is 2. The summed E-state index contributed by atoms with van der Waals surface area (Å²) in [6.07, 6.45) is 4.50. The molecule has 0 saturated carbocycles. The van der Waals surface area contributed by atoms with E-state index in [0.29, 0.717) is 32.7 Å². The van der Waals surface area contributed by atoms with Gasteiger partial charge in [0.1, 0.15) is 0 Å². The molecule has 5 nitrogen and oxygen atoms in total. The summed E-state index contributed by atoms with van der Waals surface area (Å²) < 4.78 is 10.0. The molecule has 0 aromatic rings. The van der Waals surface area contributed by atoms with Crippen LogP contribution in [0.1, 0.15) is 6.42 Å². The quantitative estimate of drug-likeness (QED) is 0.639. The van der Waals surface area contributed by atoms with Crippen molar-refractivity contribution < 1.29 is 14.3 Å². The predicted molar refractivity (Wildman–Crippen MR) is 65.6 cm³/mol. The molecule has 0 aliphatic heterocycles. The van der Waals surface area contributed by atoms with Crippen LogP contribution in [0.5, 0.6) is 0 Å². The molecule has 1 amide bonds. The Balaban J connectivity index is 2.49. The Kier molecular flexibility index (Phi) is 6.18. The molecular formula is C12H22N2O3. The summed E-state index contributed by atoms with van der Waals surface area (Å²) in [6, 6.07) is 0.00986. The number of hydrogen-bond donors (Lipinski definition) is 1. The third-order valence-corrected chi connectivity index (χ3v) is 2.88. The van der Waals surface area contributed by atoms with Crippen LogP contribution in [-0.4, -0.2) is 57.4 Å². The van der Waals surface area contributed by atoms with Gasteiger partial charge < -0.3 is 20.1 Å². The van der Waals surface area contributed by atoms with E-state index >= 15 is 0 Å². The first kappa shape index (κ1) is 14.2. The predicted octanol–water partition coefficient (Wildman–Crippen LogP) is 0.0112. The smallest absolute Gasteiger partial charge is 0.229 e. The van der Waals surface area contributed by atoms with Gasteiger partial charge in [-0.05, 0) is 6.42 Å². The topological polar surface area (TPSA) is 64.8 Å². The Labute approximate surface area is 103 Å². The summed E-state index contributed by atoms with van der Waals surface area (Å²) >= 11 is 0. The van der Waals surface area contributed by atoms with E-state index in [1.54, 1.807) is 19.1 Å². The molecule has 17 heavy (non-hydrogen) atoms. The molecule has 1 rings (SSSR count). The second kappa shape index (κ2) is 7.42. The number of amides is 1. The minimum atomic E-state index is -0.0845. The van der Waals surface area contributed by atoms with Gasteiger partial charge in [0.2, 0.25) is 5.91 Å². The van der Waals surface area contributed by atoms with Crippen molar-refractivity contribution in [2.45, 2.75) is 12.5 Å². The average Bonchev–Trinajstić information content (AvgIpc) is 2.75. The Bertz CT molecular complexity index is 260. The lowest BCUT2D eigenvalue weighted by molar-refractivity contribution is -0.135. The Morgan fingerprint density at radius 3 is 2.29 bits per heavy atom. The number of carbonyl (C=O) groups excluding carboxylic acids is 1. The van der Waals surface area contributed by atoms with E-state index < -0.39 is 0 Å². The zero-order valence-corrected chi connectivity index (χ0v) is 10.6. The maximum absolute atomic E-state index is 12.2. The highest BCUT2D eigenvalue weighted by Gasteiger charge is 2.26. The van der Waals surface area contributed by atoms with E-state index in [2.05, 4.69) is 0 Å². The van der Waals surface area contributed by atoms with Gasteiger partial charge in [-0.25, -0.2) is 0 Å². The van der Waals surface area contributed by atoms with E-state index in [1.807, 2.05) is 12.2 Å². The van der Waals surface area contributed by atoms with Crippen LogP contribution in [0.15, 0.2) is 12.2 Å². The van der Waals surface area contributed by atoms with Crippen molar-refractivity contribution in [2.24, 2.45) is 11.7 Å². The molecular weight excluding hydrogens is 220 g/mol. The number of nitrogens with two attached hydrogens (primary N) is 1. The van der Waals surface area contributed by atoms with Crippen LogP contribution in [0, 0.1) is 5.92 Å². The molecule has 0 saturated heterocycles. The fraction of sp³-hybridized carbons (Fsp3) is 0.750. The van der Waals surface area contributed by atoms with Crippen molar-refractivity contribution in [2.75, 3.05) is 40.5 Å². The van der Waals surface area contributed by atoms with E-state index in [0.717, 1.165) is 0 Å². The van der Waals surface area contributed by atoms with Crippen molar-refractivity contribution in [1.82, 2.24) is 4.90 Å². The summed E-state index contributed by atoms with van der Waals surface area (Å²) in [5.74, 6) is 0.0296. The summed E-state index contributed by atoms with van der Waals surface area (Å²) in [7, 11) is 3.26. The molecule has 0 spiro atoms. The lowest BCUT2D eigenvalue weighted by Crippen LogP contribution is -2.40. The van der Waals surface area contributed by atoms with E-state index in [-0.39, 0.29) is 17.9 Å². The molecule has 0 aromatic heterocycles. The van der Waals surface area contributed by atoms with Crippen LogP contribution in [0.2, 0.25) is 0 Å². The third kappa shape index (κ3) is 4.46. The molecule has 98 valence electrons. The van der Waals surface area contributed by atoms with Gasteiger partial charge >= 0.3 is 0 Å². The van der Waals surface area contributed by atoms with Crippen molar-refractivity contribution in [3.05, 3.63) is 12.2 Å². The van der Waals surface area contributed by atoms with Gasteiger partial charge in [0.25, 0.3) is 0 Å². The largest absolute Gasteiger partial charge is 0.383 e. The van der Waals surface area contributed by atoms with Crippen LogP contribution in [0.25, 0.3) is 0 Å². The van der Waals surface area contributed by atoms with E-state index in [1.165, 1.54) is 0 Å². The standard InChI is InChI=1S/C12H22N2O3/c1-16-7-5-14(6-8-17-2)12(15)10-3-4-11(13)9-10/h3-4,10-11H,5-9,13H2,1-2H3. The van der Waals surface area contributed by atoms with E-state index in [4.69, 9.17) is 15.2 Å². The second-order valence-corrected chi connectivity index (χ2v) is 4.20. The number of nitrogens with zero attached hydrogens (tertiary/aromatic N) is 1. The first-order valence-corrected chi connectivity index (χ1v) is 5.89. The summed E-state index contributed by atoms with van der Waals surface area (Å²) in [6.45, 7) is 2.27. The van der Waals surface area contributed by atoms with Crippen molar-refractivity contribution in [3.8, 4) is 0 Å². The van der Waals surface area contributed by atoms with Gasteiger partial charge in [0, 0.05) is 33.4 Å². The van der Waals surface area contributed by atoms with Crippen LogP contribution in [0.3, 0.4) is 0 Å². The summed E-state index contributed by atoms with van der Waals surface area (Å²) in [4.78, 5) is 14.0. The van der Waals surface area contributed by atoms with Crippen molar-refractivity contribution >= 4 is 5.91 Å². The Morgan fingerprint density at radius 1 is 1.29 bits per heavy atom. The summed E-state index contributed by atoms with van der Waals surface area (Å²) in [5, 5.41) is 0. The number of rotatable bonds is 7. The van der Waals surface area contributed by atoms with Gasteiger partial charge in [-0.1, -0.05) is 12.2 Å². The monoisotopic (exact) mass is 242 g/mol. The molecule has 2 atom stereocenters. The maximum Gasteiger partial charge on any atom is 0.229 e. The lowest BCUT2D eigenvalue weighted by atomic mass is 10.1. The average molecular weight is 242 g/mol. The Hall–Kier alpha value is -0.910. The number of carbonyl (C=O) groups is 1. The first-order valence-electron chi connectivity index (χ1n) is 5.89. The lowest BCUT2D eigenvalue weighted by Gasteiger charge is -2.24. The van der Waals surface area contributed by atoms with Crippen LogP contribution < -0.4 is 5.73 Å². The fourth-order valence-corrected chi connectivity index (χ4v) is 1.88. The van der Waals surface area contributed by atoms with Gasteiger partial charge in [0.05, 0.1) is 19.1 Å². The second-order valence-electron chi connectivity index (χ2n) is 4.20. The first-order chi connectivity index (χ1) is 8.19. The molecule has 2 unspecified atom stereocenters. The zero-order valence-electron chi connectivity index (χ0n) is 10.6. The van der Waals surface area contributed by atoms with Gasteiger partial charge in [0.15, 0.2) is 0 Å². The normalized spacial score (nSPS) is 23.0. The van der Waals surface area contributed by atoms with Gasteiger partial charge in [-0.2, -0.15) is 0 Å². The van der Waals surface area contributed by atoms with Crippen molar-refractivity contribution in [3.63, 3.8) is 0 Å². The van der Waals surface area contributed by atoms with Gasteiger partial charge in [-0.15, -0.1) is 0 Å².